The number of sulfonamides is 1. The highest BCUT2D eigenvalue weighted by Crippen LogP contribution is 2.22. The Morgan fingerprint density at radius 1 is 1.30 bits per heavy atom. The first kappa shape index (κ1) is 17.4. The fourth-order valence-electron chi connectivity index (χ4n) is 2.44. The minimum Gasteiger partial charge on any atom is -0.481 e. The molecular formula is C15H19NO6S. The summed E-state index contributed by atoms with van der Waals surface area (Å²) in [5.74, 6) is -2.29. The number of ether oxygens (including phenoxy) is 1. The smallest absolute Gasteiger partial charge is 0.338 e. The van der Waals surface area contributed by atoms with Gasteiger partial charge in [-0.15, -0.1) is 0 Å². The molecule has 23 heavy (non-hydrogen) atoms. The number of hydrogen-bond acceptors (Lipinski definition) is 5. The third kappa shape index (κ3) is 4.29. The van der Waals surface area contributed by atoms with Gasteiger partial charge in [-0.1, -0.05) is 12.1 Å². The van der Waals surface area contributed by atoms with Crippen LogP contribution in [0.15, 0.2) is 24.3 Å². The molecule has 1 aliphatic rings. The van der Waals surface area contributed by atoms with Gasteiger partial charge in [0.1, 0.15) is 0 Å². The zero-order chi connectivity index (χ0) is 17.0. The summed E-state index contributed by atoms with van der Waals surface area (Å²) in [5.41, 5.74) is 0.900. The number of carbonyl (C=O) groups is 2. The van der Waals surface area contributed by atoms with Crippen molar-refractivity contribution in [2.45, 2.75) is 19.1 Å². The molecule has 1 heterocycles. The molecule has 0 aromatic heterocycles. The standard InChI is InChI=1S/C15H19NO6S/c1-2-22-15(19)12-5-3-11(4-6-12)10-23(20,21)16-8-7-13(9-16)14(17)18/h3-6,13H,2,7-10H2,1H3,(H,17,18). The van der Waals surface area contributed by atoms with Crippen LogP contribution in [0.2, 0.25) is 0 Å². The van der Waals surface area contributed by atoms with Crippen LogP contribution in [0.4, 0.5) is 0 Å². The molecule has 7 nitrogen and oxygen atoms in total. The van der Waals surface area contributed by atoms with E-state index in [-0.39, 0.29) is 25.4 Å². The molecule has 1 aliphatic heterocycles. The molecule has 8 heteroatoms. The van der Waals surface area contributed by atoms with E-state index in [2.05, 4.69) is 0 Å². The number of carbonyl (C=O) groups excluding carboxylic acids is 1. The number of benzene rings is 1. The van der Waals surface area contributed by atoms with E-state index in [0.717, 1.165) is 0 Å². The van der Waals surface area contributed by atoms with E-state index in [0.29, 0.717) is 17.5 Å². The molecule has 1 N–H and O–H groups in total. The van der Waals surface area contributed by atoms with E-state index < -0.39 is 27.9 Å². The van der Waals surface area contributed by atoms with Crippen molar-refractivity contribution < 1.29 is 27.9 Å². The largest absolute Gasteiger partial charge is 0.481 e. The Hall–Kier alpha value is -1.93. The van der Waals surface area contributed by atoms with Gasteiger partial charge in [-0.3, -0.25) is 4.79 Å². The Kier molecular flexibility index (Phi) is 5.38. The van der Waals surface area contributed by atoms with Gasteiger partial charge in [0, 0.05) is 13.1 Å². The molecule has 0 bridgehead atoms. The van der Waals surface area contributed by atoms with E-state index in [4.69, 9.17) is 9.84 Å². The molecule has 1 fully saturated rings. The Labute approximate surface area is 134 Å². The van der Waals surface area contributed by atoms with Crippen LogP contribution in [-0.2, 0) is 25.3 Å². The fraction of sp³-hybridized carbons (Fsp3) is 0.467. The molecule has 126 valence electrons. The van der Waals surface area contributed by atoms with Crippen LogP contribution in [-0.4, -0.2) is 49.5 Å². The van der Waals surface area contributed by atoms with E-state index >= 15 is 0 Å². The number of nitrogens with zero attached hydrogens (tertiary/aromatic N) is 1. The van der Waals surface area contributed by atoms with Crippen LogP contribution in [0, 0.1) is 5.92 Å². The molecule has 1 aromatic carbocycles. The van der Waals surface area contributed by atoms with E-state index in [9.17, 15) is 18.0 Å². The SMILES string of the molecule is CCOC(=O)c1ccc(CS(=O)(=O)N2CCC(C(=O)O)C2)cc1. The fourth-order valence-corrected chi connectivity index (χ4v) is 4.02. The van der Waals surface area contributed by atoms with E-state index in [1.807, 2.05) is 0 Å². The van der Waals surface area contributed by atoms with Crippen LogP contribution >= 0.6 is 0 Å². The predicted molar refractivity (Wildman–Crippen MR) is 82.3 cm³/mol. The summed E-state index contributed by atoms with van der Waals surface area (Å²) in [6, 6.07) is 6.17. The minimum absolute atomic E-state index is 0.0125. The van der Waals surface area contributed by atoms with Crippen LogP contribution in [0.3, 0.4) is 0 Å². The Bertz CT molecular complexity index is 682. The van der Waals surface area contributed by atoms with Gasteiger partial charge in [-0.25, -0.2) is 17.5 Å². The Morgan fingerprint density at radius 3 is 2.48 bits per heavy atom. The van der Waals surface area contributed by atoms with Crippen molar-refractivity contribution in [2.24, 2.45) is 5.92 Å². The molecule has 1 atom stereocenters. The third-order valence-corrected chi connectivity index (χ3v) is 5.52. The summed E-state index contributed by atoms with van der Waals surface area (Å²) in [4.78, 5) is 22.5. The van der Waals surface area contributed by atoms with Crippen molar-refractivity contribution in [2.75, 3.05) is 19.7 Å². The van der Waals surface area contributed by atoms with Gasteiger partial charge < -0.3 is 9.84 Å². The summed E-state index contributed by atoms with van der Waals surface area (Å²) < 4.78 is 30.7. The van der Waals surface area contributed by atoms with Crippen molar-refractivity contribution in [1.29, 1.82) is 0 Å². The predicted octanol–water partition coefficient (Wildman–Crippen LogP) is 1.10. The lowest BCUT2D eigenvalue weighted by Gasteiger charge is -2.16. The molecule has 0 spiro atoms. The van der Waals surface area contributed by atoms with Crippen molar-refractivity contribution in [3.8, 4) is 0 Å². The van der Waals surface area contributed by atoms with Crippen molar-refractivity contribution in [1.82, 2.24) is 4.31 Å². The molecule has 0 amide bonds. The molecule has 1 unspecified atom stereocenters. The van der Waals surface area contributed by atoms with Crippen molar-refractivity contribution in [3.05, 3.63) is 35.4 Å². The second kappa shape index (κ2) is 7.10. The van der Waals surface area contributed by atoms with E-state index in [1.54, 1.807) is 19.1 Å². The normalized spacial score (nSPS) is 18.7. The minimum atomic E-state index is -3.57. The number of rotatable bonds is 6. The first-order chi connectivity index (χ1) is 10.8. The third-order valence-electron chi connectivity index (χ3n) is 3.71. The number of carboxylic acids is 1. The quantitative estimate of drug-likeness (QED) is 0.778. The Morgan fingerprint density at radius 2 is 1.96 bits per heavy atom. The lowest BCUT2D eigenvalue weighted by Crippen LogP contribution is -2.31. The summed E-state index contributed by atoms with van der Waals surface area (Å²) in [6.45, 7) is 2.22. The molecule has 1 saturated heterocycles. The Balaban J connectivity index is 2.03. The van der Waals surface area contributed by atoms with Crippen LogP contribution in [0.1, 0.15) is 29.3 Å². The monoisotopic (exact) mass is 341 g/mol. The average molecular weight is 341 g/mol. The zero-order valence-corrected chi connectivity index (χ0v) is 13.6. The molecule has 0 saturated carbocycles. The van der Waals surface area contributed by atoms with Gasteiger partial charge in [0.05, 0.1) is 23.8 Å². The number of esters is 1. The van der Waals surface area contributed by atoms with Gasteiger partial charge in [0.15, 0.2) is 0 Å². The zero-order valence-electron chi connectivity index (χ0n) is 12.8. The van der Waals surface area contributed by atoms with Gasteiger partial charge in [0.2, 0.25) is 10.0 Å². The van der Waals surface area contributed by atoms with Gasteiger partial charge in [-0.05, 0) is 31.0 Å². The summed E-state index contributed by atoms with van der Waals surface area (Å²) in [7, 11) is -3.57. The maximum atomic E-state index is 12.3. The number of hydrogen-bond donors (Lipinski definition) is 1. The molecule has 0 aliphatic carbocycles. The molecule has 1 aromatic rings. The summed E-state index contributed by atoms with van der Waals surface area (Å²) >= 11 is 0. The number of aliphatic carboxylic acids is 1. The highest BCUT2D eigenvalue weighted by Gasteiger charge is 2.34. The summed E-state index contributed by atoms with van der Waals surface area (Å²) in [6.07, 6.45) is 0.330. The van der Waals surface area contributed by atoms with Gasteiger partial charge >= 0.3 is 11.9 Å². The van der Waals surface area contributed by atoms with Crippen LogP contribution in [0.25, 0.3) is 0 Å². The first-order valence-corrected chi connectivity index (χ1v) is 8.91. The topological polar surface area (TPSA) is 101 Å². The molecule has 0 radical (unpaired) electrons. The maximum absolute atomic E-state index is 12.3. The summed E-state index contributed by atoms with van der Waals surface area (Å²) in [5, 5.41) is 8.95. The van der Waals surface area contributed by atoms with Crippen LogP contribution in [0.5, 0.6) is 0 Å². The molecular weight excluding hydrogens is 322 g/mol. The lowest BCUT2D eigenvalue weighted by molar-refractivity contribution is -0.141. The second-order valence-corrected chi connectivity index (χ2v) is 7.32. The maximum Gasteiger partial charge on any atom is 0.338 e. The lowest BCUT2D eigenvalue weighted by atomic mass is 10.1. The van der Waals surface area contributed by atoms with Gasteiger partial charge in [-0.2, -0.15) is 0 Å². The van der Waals surface area contributed by atoms with E-state index in [1.165, 1.54) is 16.4 Å². The van der Waals surface area contributed by atoms with Crippen molar-refractivity contribution in [3.63, 3.8) is 0 Å². The average Bonchev–Trinajstić information content (AvgIpc) is 2.99. The highest BCUT2D eigenvalue weighted by atomic mass is 32.2. The van der Waals surface area contributed by atoms with Gasteiger partial charge in [0.25, 0.3) is 0 Å². The van der Waals surface area contributed by atoms with Crippen LogP contribution < -0.4 is 0 Å². The highest BCUT2D eigenvalue weighted by molar-refractivity contribution is 7.88. The second-order valence-electron chi connectivity index (χ2n) is 5.36. The van der Waals surface area contributed by atoms with Crippen molar-refractivity contribution >= 4 is 22.0 Å². The number of carboxylic acid groups (broad SMARTS) is 1. The first-order valence-electron chi connectivity index (χ1n) is 7.30. The molecule has 2 rings (SSSR count).